The molecule has 0 aliphatic heterocycles. The van der Waals surface area contributed by atoms with Crippen molar-refractivity contribution in [2.45, 2.75) is 26.7 Å². The van der Waals surface area contributed by atoms with Crippen LogP contribution in [0.2, 0.25) is 0 Å². The molecule has 0 fully saturated rings. The zero-order valence-electron chi connectivity index (χ0n) is 7.84. The van der Waals surface area contributed by atoms with Crippen LogP contribution in [0.25, 0.3) is 0 Å². The van der Waals surface area contributed by atoms with Gasteiger partial charge in [-0.25, -0.2) is 4.57 Å². The molecule has 14 heavy (non-hydrogen) atoms. The van der Waals surface area contributed by atoms with Crippen molar-refractivity contribution in [3.8, 4) is 0 Å². The van der Waals surface area contributed by atoms with Gasteiger partial charge in [0, 0.05) is 12.8 Å². The van der Waals surface area contributed by atoms with Crippen molar-refractivity contribution in [3.63, 3.8) is 0 Å². The van der Waals surface area contributed by atoms with Crippen molar-refractivity contribution in [3.05, 3.63) is 0 Å². The van der Waals surface area contributed by atoms with E-state index in [0.29, 0.717) is 0 Å². The van der Waals surface area contributed by atoms with Gasteiger partial charge in [-0.2, -0.15) is 0 Å². The van der Waals surface area contributed by atoms with Crippen LogP contribution in [0.5, 0.6) is 0 Å². The molecule has 0 aromatic carbocycles. The highest BCUT2D eigenvalue weighted by Crippen LogP contribution is 2.35. The van der Waals surface area contributed by atoms with Crippen LogP contribution >= 0.6 is 7.82 Å². The Balaban J connectivity index is 0. The number of rotatable bonds is 3. The Morgan fingerprint density at radius 3 is 1.64 bits per heavy atom. The second-order valence-corrected chi connectivity index (χ2v) is 3.22. The van der Waals surface area contributed by atoms with E-state index >= 15 is 0 Å². The van der Waals surface area contributed by atoms with Crippen LogP contribution in [0, 0.1) is 0 Å². The average Bonchev–Trinajstić information content (AvgIpc) is 2.02. The monoisotopic (exact) mass is 228 g/mol. The van der Waals surface area contributed by atoms with Crippen LogP contribution in [-0.2, 0) is 18.7 Å². The number of phosphoric ester groups is 1. The number of hydrogen-bond donors (Lipinski definition) is 3. The Morgan fingerprint density at radius 2 is 1.57 bits per heavy atom. The molecule has 0 aromatic heterocycles. The van der Waals surface area contributed by atoms with E-state index in [0.717, 1.165) is 0 Å². The van der Waals surface area contributed by atoms with Crippen molar-refractivity contribution in [1.82, 2.24) is 0 Å². The van der Waals surface area contributed by atoms with Crippen LogP contribution in [0.1, 0.15) is 26.7 Å². The fourth-order valence-electron chi connectivity index (χ4n) is 0.197. The van der Waals surface area contributed by atoms with Crippen molar-refractivity contribution in [1.29, 1.82) is 0 Å². The SMILES string of the molecule is CCC(=O)O.CCC(=O)OP(=O)(O)O. The summed E-state index contributed by atoms with van der Waals surface area (Å²) in [5, 5.41) is 7.72. The highest BCUT2D eigenvalue weighted by molar-refractivity contribution is 7.46. The van der Waals surface area contributed by atoms with Gasteiger partial charge in [-0.1, -0.05) is 13.8 Å². The van der Waals surface area contributed by atoms with Gasteiger partial charge in [-0.15, -0.1) is 0 Å². The van der Waals surface area contributed by atoms with Crippen LogP contribution in [-0.4, -0.2) is 26.8 Å². The first-order valence-electron chi connectivity index (χ1n) is 3.72. The molecule has 0 saturated carbocycles. The van der Waals surface area contributed by atoms with Gasteiger partial charge in [0.15, 0.2) is 0 Å². The molecule has 3 N–H and O–H groups in total. The summed E-state index contributed by atoms with van der Waals surface area (Å²) < 4.78 is 13.5. The molecule has 0 spiro atoms. The fourth-order valence-corrected chi connectivity index (χ4v) is 0.592. The summed E-state index contributed by atoms with van der Waals surface area (Å²) in [6.07, 6.45) is 0.186. The first-order chi connectivity index (χ1) is 6.22. The van der Waals surface area contributed by atoms with E-state index in [9.17, 15) is 14.2 Å². The maximum absolute atomic E-state index is 10.1. The van der Waals surface area contributed by atoms with Crippen molar-refractivity contribution in [2.75, 3.05) is 0 Å². The maximum atomic E-state index is 10.1. The summed E-state index contributed by atoms with van der Waals surface area (Å²) >= 11 is 0. The highest BCUT2D eigenvalue weighted by Gasteiger charge is 2.18. The zero-order chi connectivity index (χ0) is 11.8. The zero-order valence-corrected chi connectivity index (χ0v) is 8.73. The minimum Gasteiger partial charge on any atom is -0.481 e. The molecule has 0 bridgehead atoms. The molecule has 0 atom stereocenters. The maximum Gasteiger partial charge on any atom is 0.526 e. The summed E-state index contributed by atoms with van der Waals surface area (Å²) in [5.41, 5.74) is 0. The van der Waals surface area contributed by atoms with Gasteiger partial charge in [-0.3, -0.25) is 19.4 Å². The first kappa shape index (κ1) is 15.6. The Kier molecular flexibility index (Phi) is 8.32. The third-order valence-corrected chi connectivity index (χ3v) is 1.25. The summed E-state index contributed by atoms with van der Waals surface area (Å²) in [4.78, 5) is 35.5. The summed E-state index contributed by atoms with van der Waals surface area (Å²) in [5.74, 6) is -1.65. The molecule has 0 heterocycles. The number of carboxylic acids is 1. The van der Waals surface area contributed by atoms with Gasteiger partial charge in [0.25, 0.3) is 0 Å². The Labute approximate surface area is 80.9 Å². The van der Waals surface area contributed by atoms with E-state index in [1.54, 1.807) is 6.92 Å². The minimum atomic E-state index is -4.59. The number of carboxylic acid groups (broad SMARTS) is 1. The number of carbonyl (C=O) groups excluding carboxylic acids is 1. The Hall–Kier alpha value is -0.910. The molecular weight excluding hydrogens is 215 g/mol. The first-order valence-corrected chi connectivity index (χ1v) is 5.25. The highest BCUT2D eigenvalue weighted by atomic mass is 31.2. The molecular formula is C6H13O7P. The topological polar surface area (TPSA) is 121 Å². The number of hydrogen-bond acceptors (Lipinski definition) is 4. The summed E-state index contributed by atoms with van der Waals surface area (Å²) in [6, 6.07) is 0. The lowest BCUT2D eigenvalue weighted by atomic mass is 10.5. The lowest BCUT2D eigenvalue weighted by Crippen LogP contribution is -1.98. The number of phosphoric acid groups is 1. The van der Waals surface area contributed by atoms with Crippen molar-refractivity contribution < 1.29 is 33.6 Å². The second-order valence-electron chi connectivity index (χ2n) is 2.05. The van der Waals surface area contributed by atoms with Crippen LogP contribution in [0.4, 0.5) is 0 Å². The predicted octanol–water partition coefficient (Wildman–Crippen LogP) is 0.513. The van der Waals surface area contributed by atoms with Gasteiger partial charge in [0.05, 0.1) is 0 Å². The summed E-state index contributed by atoms with van der Waals surface area (Å²) in [7, 11) is -4.59. The molecule has 0 amide bonds. The number of aliphatic carboxylic acids is 1. The normalized spacial score (nSPS) is 9.71. The third-order valence-electron chi connectivity index (χ3n) is 0.812. The smallest absolute Gasteiger partial charge is 0.481 e. The Bertz CT molecular complexity index is 230. The predicted molar refractivity (Wildman–Crippen MR) is 46.4 cm³/mol. The quantitative estimate of drug-likeness (QED) is 0.601. The minimum absolute atomic E-state index is 0.0366. The average molecular weight is 228 g/mol. The third kappa shape index (κ3) is 17.3. The number of carbonyl (C=O) groups is 2. The van der Waals surface area contributed by atoms with Crippen molar-refractivity contribution in [2.24, 2.45) is 0 Å². The molecule has 84 valence electrons. The van der Waals surface area contributed by atoms with E-state index in [1.165, 1.54) is 6.92 Å². The lowest BCUT2D eigenvalue weighted by Gasteiger charge is -2.01. The van der Waals surface area contributed by atoms with Gasteiger partial charge >= 0.3 is 19.8 Å². The van der Waals surface area contributed by atoms with Gasteiger partial charge < -0.3 is 9.63 Å². The van der Waals surface area contributed by atoms with Gasteiger partial charge in [0.2, 0.25) is 0 Å². The van der Waals surface area contributed by atoms with E-state index in [-0.39, 0.29) is 12.8 Å². The van der Waals surface area contributed by atoms with Crippen LogP contribution in [0.3, 0.4) is 0 Å². The van der Waals surface area contributed by atoms with Gasteiger partial charge in [0.1, 0.15) is 0 Å². The molecule has 0 unspecified atom stereocenters. The lowest BCUT2D eigenvalue weighted by molar-refractivity contribution is -0.137. The molecule has 0 rings (SSSR count). The molecule has 0 radical (unpaired) electrons. The van der Waals surface area contributed by atoms with E-state index in [4.69, 9.17) is 14.9 Å². The van der Waals surface area contributed by atoms with Gasteiger partial charge in [-0.05, 0) is 0 Å². The van der Waals surface area contributed by atoms with Crippen molar-refractivity contribution >= 4 is 19.8 Å². The van der Waals surface area contributed by atoms with Crippen LogP contribution in [0.15, 0.2) is 0 Å². The standard InChI is InChI=1S/C3H7O5P.C3H6O2/c1-2-3(4)8-9(5,6)7;1-2-3(4)5/h2H2,1H3,(H2,5,6,7);2H2,1H3,(H,4,5). The molecule has 0 aliphatic rings. The molecule has 0 aromatic rings. The largest absolute Gasteiger partial charge is 0.526 e. The van der Waals surface area contributed by atoms with E-state index in [1.807, 2.05) is 0 Å². The van der Waals surface area contributed by atoms with Crippen LogP contribution < -0.4 is 0 Å². The molecule has 7 nitrogen and oxygen atoms in total. The molecule has 8 heteroatoms. The Morgan fingerprint density at radius 1 is 1.21 bits per heavy atom. The van der Waals surface area contributed by atoms with E-state index < -0.39 is 19.8 Å². The summed E-state index contributed by atoms with van der Waals surface area (Å²) in [6.45, 7) is 3.04. The van der Waals surface area contributed by atoms with E-state index in [2.05, 4.69) is 4.52 Å². The molecule has 0 aliphatic carbocycles. The fraction of sp³-hybridized carbons (Fsp3) is 0.667. The second kappa shape index (κ2) is 7.49. The molecule has 0 saturated heterocycles.